The maximum Gasteiger partial charge on any atom is 0.0931 e. The molecule has 1 heterocycles. The number of fused-ring (bicyclic) bond motifs is 1. The largest absolute Gasteiger partial charge is 0.310 e. The van der Waals surface area contributed by atoms with E-state index in [2.05, 4.69) is 35.2 Å². The Morgan fingerprint density at radius 2 is 2.06 bits per heavy atom. The molecule has 1 unspecified atom stereocenters. The zero-order valence-corrected chi connectivity index (χ0v) is 9.77. The van der Waals surface area contributed by atoms with Crippen molar-refractivity contribution < 1.29 is 0 Å². The van der Waals surface area contributed by atoms with Crippen LogP contribution in [0.2, 0.25) is 0 Å². The number of nitrogens with zero attached hydrogens (tertiary/aromatic N) is 2. The fourth-order valence-electron chi connectivity index (χ4n) is 1.62. The first kappa shape index (κ1) is 11.0. The van der Waals surface area contributed by atoms with Crippen LogP contribution in [0.5, 0.6) is 0 Å². The molecule has 1 aromatic carbocycles. The molecular weight excluding hydrogens is 198 g/mol. The van der Waals surface area contributed by atoms with E-state index in [-0.39, 0.29) is 0 Å². The van der Waals surface area contributed by atoms with E-state index in [1.165, 1.54) is 5.56 Å². The third kappa shape index (κ3) is 2.36. The predicted octanol–water partition coefficient (Wildman–Crippen LogP) is 2.52. The fourth-order valence-corrected chi connectivity index (χ4v) is 1.62. The zero-order valence-electron chi connectivity index (χ0n) is 9.77. The van der Waals surface area contributed by atoms with Crippen molar-refractivity contribution in [3.05, 3.63) is 36.2 Å². The third-order valence-electron chi connectivity index (χ3n) is 2.84. The van der Waals surface area contributed by atoms with Crippen LogP contribution in [0.15, 0.2) is 30.6 Å². The summed E-state index contributed by atoms with van der Waals surface area (Å²) in [6.07, 6.45) is 4.61. The van der Waals surface area contributed by atoms with Crippen molar-refractivity contribution in [1.29, 1.82) is 0 Å². The Bertz CT molecular complexity index is 462. The summed E-state index contributed by atoms with van der Waals surface area (Å²) in [5, 5.41) is 3.47. The monoisotopic (exact) mass is 215 g/mol. The van der Waals surface area contributed by atoms with Crippen LogP contribution in [0.4, 0.5) is 0 Å². The molecule has 1 atom stereocenters. The second-order valence-electron chi connectivity index (χ2n) is 4.03. The van der Waals surface area contributed by atoms with E-state index in [0.717, 1.165) is 24.0 Å². The Hall–Kier alpha value is -1.48. The Morgan fingerprint density at radius 3 is 2.88 bits per heavy atom. The van der Waals surface area contributed by atoms with Crippen LogP contribution >= 0.6 is 0 Å². The first-order valence-electron chi connectivity index (χ1n) is 5.73. The second kappa shape index (κ2) is 5.03. The van der Waals surface area contributed by atoms with Gasteiger partial charge in [0.2, 0.25) is 0 Å². The SMILES string of the molecule is CCC(C)NCc1cccc2nccnc12. The van der Waals surface area contributed by atoms with Gasteiger partial charge in [-0.15, -0.1) is 0 Å². The van der Waals surface area contributed by atoms with Crippen LogP contribution in [-0.2, 0) is 6.54 Å². The quantitative estimate of drug-likeness (QED) is 0.851. The number of aromatic nitrogens is 2. The first-order valence-corrected chi connectivity index (χ1v) is 5.73. The molecule has 84 valence electrons. The molecule has 0 bridgehead atoms. The van der Waals surface area contributed by atoms with Gasteiger partial charge in [0.1, 0.15) is 0 Å². The van der Waals surface area contributed by atoms with Crippen LogP contribution in [0.3, 0.4) is 0 Å². The Labute approximate surface area is 95.9 Å². The molecule has 0 aliphatic carbocycles. The van der Waals surface area contributed by atoms with E-state index in [9.17, 15) is 0 Å². The number of benzene rings is 1. The van der Waals surface area contributed by atoms with Gasteiger partial charge in [0.15, 0.2) is 0 Å². The second-order valence-corrected chi connectivity index (χ2v) is 4.03. The molecule has 0 amide bonds. The Balaban J connectivity index is 2.23. The molecule has 0 fully saturated rings. The van der Waals surface area contributed by atoms with Gasteiger partial charge in [-0.3, -0.25) is 9.97 Å². The summed E-state index contributed by atoms with van der Waals surface area (Å²) >= 11 is 0. The molecule has 0 aliphatic heterocycles. The lowest BCUT2D eigenvalue weighted by Gasteiger charge is -2.12. The van der Waals surface area contributed by atoms with Crippen molar-refractivity contribution in [2.75, 3.05) is 0 Å². The number of nitrogens with one attached hydrogen (secondary N) is 1. The van der Waals surface area contributed by atoms with Crippen molar-refractivity contribution in [1.82, 2.24) is 15.3 Å². The van der Waals surface area contributed by atoms with E-state index < -0.39 is 0 Å². The lowest BCUT2D eigenvalue weighted by molar-refractivity contribution is 0.535. The highest BCUT2D eigenvalue weighted by Crippen LogP contribution is 2.13. The minimum atomic E-state index is 0.534. The highest BCUT2D eigenvalue weighted by molar-refractivity contribution is 5.77. The minimum absolute atomic E-state index is 0.534. The Kier molecular flexibility index (Phi) is 3.47. The van der Waals surface area contributed by atoms with Crippen LogP contribution in [0, 0.1) is 0 Å². The fraction of sp³-hybridized carbons (Fsp3) is 0.385. The summed E-state index contributed by atoms with van der Waals surface area (Å²) in [6, 6.07) is 6.67. The average Bonchev–Trinajstić information content (AvgIpc) is 2.35. The summed E-state index contributed by atoms with van der Waals surface area (Å²) < 4.78 is 0. The van der Waals surface area contributed by atoms with E-state index in [1.807, 2.05) is 12.1 Å². The number of hydrogen-bond donors (Lipinski definition) is 1. The van der Waals surface area contributed by atoms with E-state index >= 15 is 0 Å². The molecular formula is C13H17N3. The van der Waals surface area contributed by atoms with Gasteiger partial charge in [0.25, 0.3) is 0 Å². The lowest BCUT2D eigenvalue weighted by Crippen LogP contribution is -2.24. The average molecular weight is 215 g/mol. The van der Waals surface area contributed by atoms with E-state index in [1.54, 1.807) is 12.4 Å². The van der Waals surface area contributed by atoms with Crippen molar-refractivity contribution in [2.45, 2.75) is 32.9 Å². The molecule has 0 saturated heterocycles. The maximum absolute atomic E-state index is 4.38. The summed E-state index contributed by atoms with van der Waals surface area (Å²) in [4.78, 5) is 8.68. The van der Waals surface area contributed by atoms with Gasteiger partial charge in [-0.1, -0.05) is 19.1 Å². The van der Waals surface area contributed by atoms with Gasteiger partial charge in [0.05, 0.1) is 11.0 Å². The highest BCUT2D eigenvalue weighted by Gasteiger charge is 2.03. The predicted molar refractivity (Wildman–Crippen MR) is 66.1 cm³/mol. The van der Waals surface area contributed by atoms with E-state index in [4.69, 9.17) is 0 Å². The van der Waals surface area contributed by atoms with Crippen LogP contribution in [0.1, 0.15) is 25.8 Å². The van der Waals surface area contributed by atoms with Crippen molar-refractivity contribution in [3.63, 3.8) is 0 Å². The van der Waals surface area contributed by atoms with Gasteiger partial charge in [-0.2, -0.15) is 0 Å². The van der Waals surface area contributed by atoms with Crippen LogP contribution in [-0.4, -0.2) is 16.0 Å². The third-order valence-corrected chi connectivity index (χ3v) is 2.84. The number of rotatable bonds is 4. The van der Waals surface area contributed by atoms with Crippen LogP contribution in [0.25, 0.3) is 11.0 Å². The van der Waals surface area contributed by atoms with Gasteiger partial charge in [0, 0.05) is 25.0 Å². The smallest absolute Gasteiger partial charge is 0.0931 e. The molecule has 3 nitrogen and oxygen atoms in total. The lowest BCUT2D eigenvalue weighted by atomic mass is 10.1. The number of para-hydroxylation sites is 1. The molecule has 0 spiro atoms. The summed E-state index contributed by atoms with van der Waals surface area (Å²) in [6.45, 7) is 5.22. The summed E-state index contributed by atoms with van der Waals surface area (Å²) in [5.41, 5.74) is 3.18. The Morgan fingerprint density at radius 1 is 1.25 bits per heavy atom. The molecule has 16 heavy (non-hydrogen) atoms. The topological polar surface area (TPSA) is 37.8 Å². The molecule has 1 aromatic heterocycles. The summed E-state index contributed by atoms with van der Waals surface area (Å²) in [5.74, 6) is 0. The highest BCUT2D eigenvalue weighted by atomic mass is 14.9. The van der Waals surface area contributed by atoms with Crippen molar-refractivity contribution >= 4 is 11.0 Å². The molecule has 1 N–H and O–H groups in total. The summed E-state index contributed by atoms with van der Waals surface area (Å²) in [7, 11) is 0. The molecule has 2 aromatic rings. The van der Waals surface area contributed by atoms with Gasteiger partial charge >= 0.3 is 0 Å². The van der Waals surface area contributed by atoms with Gasteiger partial charge in [-0.05, 0) is 25.0 Å². The van der Waals surface area contributed by atoms with Crippen molar-refractivity contribution in [2.24, 2.45) is 0 Å². The first-order chi connectivity index (χ1) is 7.81. The molecule has 2 rings (SSSR count). The van der Waals surface area contributed by atoms with Gasteiger partial charge < -0.3 is 5.32 Å². The normalized spacial score (nSPS) is 12.9. The molecule has 0 saturated carbocycles. The molecule has 3 heteroatoms. The van der Waals surface area contributed by atoms with Crippen LogP contribution < -0.4 is 5.32 Å². The van der Waals surface area contributed by atoms with E-state index in [0.29, 0.717) is 6.04 Å². The standard InChI is InChI=1S/C13H17N3/c1-3-10(2)16-9-11-5-4-6-12-13(11)15-8-7-14-12/h4-8,10,16H,3,9H2,1-2H3. The maximum atomic E-state index is 4.38. The van der Waals surface area contributed by atoms with Crippen molar-refractivity contribution in [3.8, 4) is 0 Å². The number of hydrogen-bond acceptors (Lipinski definition) is 3. The van der Waals surface area contributed by atoms with Gasteiger partial charge in [-0.25, -0.2) is 0 Å². The molecule has 0 radical (unpaired) electrons. The zero-order chi connectivity index (χ0) is 11.4. The molecule has 0 aliphatic rings. The minimum Gasteiger partial charge on any atom is -0.310 e.